The summed E-state index contributed by atoms with van der Waals surface area (Å²) in [4.78, 5) is 21.3. The van der Waals surface area contributed by atoms with Crippen molar-refractivity contribution in [3.05, 3.63) is 12.2 Å². The Kier molecular flexibility index (Phi) is 2.25. The standard InChI is InChI=1S/C7H8O4/c1-2-10-7(9)5-3-4-6(8)11-5/h3-5H,2H2,1H3. The molecule has 4 heteroatoms. The number of ether oxygens (including phenoxy) is 2. The second-order valence-electron chi connectivity index (χ2n) is 1.97. The maximum atomic E-state index is 10.8. The highest BCUT2D eigenvalue weighted by Crippen LogP contribution is 2.06. The first-order chi connectivity index (χ1) is 5.24. The SMILES string of the molecule is CCOC(=O)C1C=CC(=O)O1. The lowest BCUT2D eigenvalue weighted by Crippen LogP contribution is -2.22. The summed E-state index contributed by atoms with van der Waals surface area (Å²) < 4.78 is 9.16. The summed E-state index contributed by atoms with van der Waals surface area (Å²) in [5, 5.41) is 0. The lowest BCUT2D eigenvalue weighted by atomic mass is 10.3. The van der Waals surface area contributed by atoms with Crippen molar-refractivity contribution in [1.82, 2.24) is 0 Å². The predicted octanol–water partition coefficient (Wildman–Crippen LogP) is 0.0311. The quantitative estimate of drug-likeness (QED) is 0.529. The summed E-state index contributed by atoms with van der Waals surface area (Å²) in [6, 6.07) is 0. The molecule has 0 aromatic heterocycles. The Balaban J connectivity index is 2.44. The number of hydrogen-bond acceptors (Lipinski definition) is 4. The largest absolute Gasteiger partial charge is 0.463 e. The van der Waals surface area contributed by atoms with Crippen LogP contribution in [-0.4, -0.2) is 24.6 Å². The highest BCUT2D eigenvalue weighted by atomic mass is 16.6. The molecule has 0 aromatic carbocycles. The van der Waals surface area contributed by atoms with Gasteiger partial charge in [0.1, 0.15) is 0 Å². The lowest BCUT2D eigenvalue weighted by molar-refractivity contribution is -0.159. The monoisotopic (exact) mass is 156 g/mol. The maximum absolute atomic E-state index is 10.8. The van der Waals surface area contributed by atoms with E-state index in [4.69, 9.17) is 0 Å². The molecule has 0 amide bonds. The number of hydrogen-bond donors (Lipinski definition) is 0. The van der Waals surface area contributed by atoms with Crippen LogP contribution in [0.25, 0.3) is 0 Å². The van der Waals surface area contributed by atoms with E-state index in [-0.39, 0.29) is 0 Å². The average Bonchev–Trinajstić information content (AvgIpc) is 2.36. The van der Waals surface area contributed by atoms with Crippen LogP contribution in [0.4, 0.5) is 0 Å². The Labute approximate surface area is 63.8 Å². The zero-order chi connectivity index (χ0) is 8.27. The van der Waals surface area contributed by atoms with Crippen molar-refractivity contribution in [3.8, 4) is 0 Å². The number of carbonyl (C=O) groups excluding carboxylic acids is 2. The maximum Gasteiger partial charge on any atom is 0.351 e. The minimum atomic E-state index is -0.831. The molecule has 0 fully saturated rings. The Bertz CT molecular complexity index is 206. The van der Waals surface area contributed by atoms with Gasteiger partial charge in [0.2, 0.25) is 6.10 Å². The van der Waals surface area contributed by atoms with Gasteiger partial charge in [-0.25, -0.2) is 9.59 Å². The molecule has 0 aromatic rings. The van der Waals surface area contributed by atoms with E-state index in [1.807, 2.05) is 0 Å². The summed E-state index contributed by atoms with van der Waals surface area (Å²) in [7, 11) is 0. The topological polar surface area (TPSA) is 52.6 Å². The van der Waals surface area contributed by atoms with Crippen LogP contribution < -0.4 is 0 Å². The van der Waals surface area contributed by atoms with E-state index in [2.05, 4.69) is 9.47 Å². The number of carbonyl (C=O) groups is 2. The first-order valence-electron chi connectivity index (χ1n) is 3.29. The molecule has 0 bridgehead atoms. The van der Waals surface area contributed by atoms with Gasteiger partial charge >= 0.3 is 11.9 Å². The van der Waals surface area contributed by atoms with Gasteiger partial charge in [0.25, 0.3) is 0 Å². The van der Waals surface area contributed by atoms with Gasteiger partial charge in [-0.15, -0.1) is 0 Å². The van der Waals surface area contributed by atoms with Gasteiger partial charge in [-0.2, -0.15) is 0 Å². The fourth-order valence-electron chi connectivity index (χ4n) is 0.721. The molecule has 1 aliphatic heterocycles. The first-order valence-corrected chi connectivity index (χ1v) is 3.29. The third-order valence-electron chi connectivity index (χ3n) is 1.17. The first kappa shape index (κ1) is 7.78. The molecule has 1 atom stereocenters. The molecule has 0 spiro atoms. The molecular weight excluding hydrogens is 148 g/mol. The molecule has 0 saturated heterocycles. The van der Waals surface area contributed by atoms with Crippen molar-refractivity contribution in [2.75, 3.05) is 6.61 Å². The van der Waals surface area contributed by atoms with Crippen LogP contribution in [0.5, 0.6) is 0 Å². The third kappa shape index (κ3) is 1.80. The van der Waals surface area contributed by atoms with Crippen molar-refractivity contribution < 1.29 is 19.1 Å². The summed E-state index contributed by atoms with van der Waals surface area (Å²) in [5.41, 5.74) is 0. The van der Waals surface area contributed by atoms with E-state index in [9.17, 15) is 9.59 Å². The van der Waals surface area contributed by atoms with E-state index < -0.39 is 18.0 Å². The van der Waals surface area contributed by atoms with Crippen LogP contribution >= 0.6 is 0 Å². The van der Waals surface area contributed by atoms with Crippen LogP contribution in [0.2, 0.25) is 0 Å². The molecule has 0 aliphatic carbocycles. The lowest BCUT2D eigenvalue weighted by Gasteiger charge is -2.05. The van der Waals surface area contributed by atoms with Gasteiger partial charge in [0.15, 0.2) is 0 Å². The van der Waals surface area contributed by atoms with Crippen LogP contribution in [0.15, 0.2) is 12.2 Å². The highest BCUT2D eigenvalue weighted by molar-refractivity contribution is 5.91. The normalized spacial score (nSPS) is 21.5. The van der Waals surface area contributed by atoms with Gasteiger partial charge in [-0.1, -0.05) is 0 Å². The second-order valence-corrected chi connectivity index (χ2v) is 1.97. The molecule has 60 valence electrons. The van der Waals surface area contributed by atoms with E-state index in [1.54, 1.807) is 6.92 Å². The number of cyclic esters (lactones) is 1. The van der Waals surface area contributed by atoms with Crippen molar-refractivity contribution in [2.45, 2.75) is 13.0 Å². The molecule has 0 saturated carbocycles. The van der Waals surface area contributed by atoms with Crippen LogP contribution in [-0.2, 0) is 19.1 Å². The van der Waals surface area contributed by atoms with Gasteiger partial charge in [-0.3, -0.25) is 0 Å². The summed E-state index contributed by atoms with van der Waals surface area (Å²) in [6.45, 7) is 1.99. The fourth-order valence-corrected chi connectivity index (χ4v) is 0.721. The second kappa shape index (κ2) is 3.18. The van der Waals surface area contributed by atoms with E-state index in [1.165, 1.54) is 12.2 Å². The van der Waals surface area contributed by atoms with Crippen molar-refractivity contribution in [1.29, 1.82) is 0 Å². The summed E-state index contributed by atoms with van der Waals surface area (Å²) in [5.74, 6) is -1.02. The highest BCUT2D eigenvalue weighted by Gasteiger charge is 2.24. The van der Waals surface area contributed by atoms with E-state index >= 15 is 0 Å². The van der Waals surface area contributed by atoms with Crippen LogP contribution in [0.3, 0.4) is 0 Å². The molecule has 1 rings (SSSR count). The third-order valence-corrected chi connectivity index (χ3v) is 1.17. The van der Waals surface area contributed by atoms with Gasteiger partial charge in [0.05, 0.1) is 6.61 Å². The Morgan fingerprint density at radius 3 is 3.00 bits per heavy atom. The smallest absolute Gasteiger partial charge is 0.351 e. The van der Waals surface area contributed by atoms with Gasteiger partial charge in [0, 0.05) is 6.08 Å². The molecule has 11 heavy (non-hydrogen) atoms. The Morgan fingerprint density at radius 2 is 2.55 bits per heavy atom. The van der Waals surface area contributed by atoms with E-state index in [0.717, 1.165) is 0 Å². The Morgan fingerprint density at radius 1 is 1.82 bits per heavy atom. The Hall–Kier alpha value is -1.32. The molecule has 4 nitrogen and oxygen atoms in total. The van der Waals surface area contributed by atoms with Gasteiger partial charge in [-0.05, 0) is 13.0 Å². The zero-order valence-corrected chi connectivity index (χ0v) is 6.07. The number of rotatable bonds is 2. The van der Waals surface area contributed by atoms with Crippen molar-refractivity contribution in [2.24, 2.45) is 0 Å². The molecule has 1 unspecified atom stereocenters. The summed E-state index contributed by atoms with van der Waals surface area (Å²) >= 11 is 0. The van der Waals surface area contributed by atoms with Gasteiger partial charge < -0.3 is 9.47 Å². The minimum absolute atomic E-state index is 0.292. The van der Waals surface area contributed by atoms with Crippen molar-refractivity contribution in [3.63, 3.8) is 0 Å². The predicted molar refractivity (Wildman–Crippen MR) is 35.7 cm³/mol. The molecular formula is C7H8O4. The zero-order valence-electron chi connectivity index (χ0n) is 6.07. The van der Waals surface area contributed by atoms with Crippen LogP contribution in [0, 0.1) is 0 Å². The number of esters is 2. The molecule has 0 N–H and O–H groups in total. The molecule has 1 aliphatic rings. The molecule has 1 heterocycles. The average molecular weight is 156 g/mol. The minimum Gasteiger partial charge on any atom is -0.463 e. The fraction of sp³-hybridized carbons (Fsp3) is 0.429. The molecule has 0 radical (unpaired) electrons. The van der Waals surface area contributed by atoms with Crippen LogP contribution in [0.1, 0.15) is 6.92 Å². The van der Waals surface area contributed by atoms with Crippen molar-refractivity contribution >= 4 is 11.9 Å². The van der Waals surface area contributed by atoms with E-state index in [0.29, 0.717) is 6.61 Å². The summed E-state index contributed by atoms with van der Waals surface area (Å²) in [6.07, 6.45) is 1.75.